The lowest BCUT2D eigenvalue weighted by molar-refractivity contribution is 0.0679. The van der Waals surface area contributed by atoms with Crippen LogP contribution in [0.25, 0.3) is 0 Å². The van der Waals surface area contributed by atoms with E-state index >= 15 is 0 Å². The largest absolute Gasteiger partial charge is 0.491 e. The molecular formula is C14H21ClN2O3. The fourth-order valence-electron chi connectivity index (χ4n) is 1.98. The fraction of sp³-hybridized carbons (Fsp3) is 0.500. The molecule has 1 aliphatic rings. The molecule has 3 N–H and O–H groups in total. The smallest absolute Gasteiger partial charge is 0.251 e. The molecule has 1 aromatic carbocycles. The molecule has 1 fully saturated rings. The van der Waals surface area contributed by atoms with E-state index in [2.05, 4.69) is 5.32 Å². The van der Waals surface area contributed by atoms with Gasteiger partial charge in [-0.15, -0.1) is 12.4 Å². The van der Waals surface area contributed by atoms with Crippen molar-refractivity contribution in [1.82, 2.24) is 5.32 Å². The Kier molecular flexibility index (Phi) is 7.36. The zero-order valence-electron chi connectivity index (χ0n) is 11.3. The molecule has 20 heavy (non-hydrogen) atoms. The Morgan fingerprint density at radius 2 is 2.35 bits per heavy atom. The van der Waals surface area contributed by atoms with Gasteiger partial charge in [0.15, 0.2) is 0 Å². The second-order valence-corrected chi connectivity index (χ2v) is 4.52. The molecule has 0 saturated carbocycles. The van der Waals surface area contributed by atoms with Gasteiger partial charge in [0.2, 0.25) is 0 Å². The second kappa shape index (κ2) is 8.79. The Morgan fingerprint density at radius 1 is 1.50 bits per heavy atom. The topological polar surface area (TPSA) is 73.6 Å². The summed E-state index contributed by atoms with van der Waals surface area (Å²) in [6.07, 6.45) is 2.31. The molecular weight excluding hydrogens is 280 g/mol. The highest BCUT2D eigenvalue weighted by Crippen LogP contribution is 2.17. The van der Waals surface area contributed by atoms with Crippen LogP contribution in [0.4, 0.5) is 0 Å². The van der Waals surface area contributed by atoms with Gasteiger partial charge < -0.3 is 20.5 Å². The highest BCUT2D eigenvalue weighted by Gasteiger charge is 2.16. The van der Waals surface area contributed by atoms with Crippen molar-refractivity contribution >= 4 is 18.3 Å². The van der Waals surface area contributed by atoms with Gasteiger partial charge in [-0.3, -0.25) is 4.79 Å². The van der Waals surface area contributed by atoms with Crippen molar-refractivity contribution in [2.75, 3.05) is 26.3 Å². The molecule has 0 aliphatic carbocycles. The molecule has 1 saturated heterocycles. The maximum absolute atomic E-state index is 11.8. The van der Waals surface area contributed by atoms with Gasteiger partial charge in [0.25, 0.3) is 5.91 Å². The van der Waals surface area contributed by atoms with Crippen molar-refractivity contribution in [3.05, 3.63) is 29.8 Å². The molecule has 2 rings (SSSR count). The summed E-state index contributed by atoms with van der Waals surface area (Å²) < 4.78 is 11.1. The average Bonchev–Trinajstić information content (AvgIpc) is 2.96. The van der Waals surface area contributed by atoms with E-state index in [1.165, 1.54) is 0 Å². The molecule has 1 heterocycles. The maximum atomic E-state index is 11.8. The summed E-state index contributed by atoms with van der Waals surface area (Å²) in [5, 5.41) is 2.73. The van der Waals surface area contributed by atoms with E-state index in [1.54, 1.807) is 12.1 Å². The third kappa shape index (κ3) is 5.00. The number of amides is 1. The number of hydrogen-bond donors (Lipinski definition) is 2. The molecule has 0 bridgehead atoms. The molecule has 112 valence electrons. The van der Waals surface area contributed by atoms with E-state index < -0.39 is 0 Å². The number of nitrogens with two attached hydrogens (primary N) is 1. The first-order chi connectivity index (χ1) is 9.29. The number of hydrogen-bond acceptors (Lipinski definition) is 4. The minimum Gasteiger partial charge on any atom is -0.491 e. The molecule has 1 unspecified atom stereocenters. The summed E-state index contributed by atoms with van der Waals surface area (Å²) in [4.78, 5) is 11.8. The molecule has 1 amide bonds. The lowest BCUT2D eigenvalue weighted by Gasteiger charge is -2.12. The molecule has 1 atom stereocenters. The predicted molar refractivity (Wildman–Crippen MR) is 79.5 cm³/mol. The Morgan fingerprint density at radius 3 is 3.05 bits per heavy atom. The average molecular weight is 301 g/mol. The van der Waals surface area contributed by atoms with Crippen LogP contribution in [0.3, 0.4) is 0 Å². The first kappa shape index (κ1) is 16.8. The first-order valence-electron chi connectivity index (χ1n) is 6.62. The summed E-state index contributed by atoms with van der Waals surface area (Å²) in [7, 11) is 0. The molecule has 0 spiro atoms. The molecule has 1 aliphatic heterocycles. The van der Waals surface area contributed by atoms with Crippen LogP contribution in [0.5, 0.6) is 5.75 Å². The van der Waals surface area contributed by atoms with E-state index in [0.29, 0.717) is 31.0 Å². The van der Waals surface area contributed by atoms with Gasteiger partial charge >= 0.3 is 0 Å². The lowest BCUT2D eigenvalue weighted by atomic mass is 10.2. The van der Waals surface area contributed by atoms with Crippen molar-refractivity contribution in [2.45, 2.75) is 18.9 Å². The van der Waals surface area contributed by atoms with Crippen LogP contribution < -0.4 is 15.8 Å². The minimum absolute atomic E-state index is 0. The van der Waals surface area contributed by atoms with Gasteiger partial charge in [-0.05, 0) is 31.0 Å². The second-order valence-electron chi connectivity index (χ2n) is 4.52. The van der Waals surface area contributed by atoms with Crippen LogP contribution >= 0.6 is 12.4 Å². The van der Waals surface area contributed by atoms with Crippen LogP contribution in [0, 0.1) is 0 Å². The molecule has 5 nitrogen and oxygen atoms in total. The number of halogens is 1. The maximum Gasteiger partial charge on any atom is 0.251 e. The number of ether oxygens (including phenoxy) is 2. The Labute approximate surface area is 125 Å². The van der Waals surface area contributed by atoms with Gasteiger partial charge in [0.1, 0.15) is 12.4 Å². The van der Waals surface area contributed by atoms with Gasteiger partial charge in [0.05, 0.1) is 6.10 Å². The summed E-state index contributed by atoms with van der Waals surface area (Å²) in [6.45, 7) is 2.25. The van der Waals surface area contributed by atoms with Crippen molar-refractivity contribution < 1.29 is 14.3 Å². The number of rotatable bonds is 6. The summed E-state index contributed by atoms with van der Waals surface area (Å²) in [5.74, 6) is 0.559. The van der Waals surface area contributed by atoms with E-state index in [1.807, 2.05) is 12.1 Å². The number of carbonyl (C=O) groups excluding carboxylic acids is 1. The Hall–Kier alpha value is -1.30. The van der Waals surface area contributed by atoms with Gasteiger partial charge in [0, 0.05) is 25.3 Å². The van der Waals surface area contributed by atoms with Gasteiger partial charge in [-0.25, -0.2) is 0 Å². The molecule has 0 aromatic heterocycles. The van der Waals surface area contributed by atoms with Crippen LogP contribution in [-0.4, -0.2) is 38.3 Å². The normalized spacial score (nSPS) is 17.4. The highest BCUT2D eigenvalue weighted by molar-refractivity contribution is 5.94. The van der Waals surface area contributed by atoms with E-state index in [0.717, 1.165) is 19.4 Å². The van der Waals surface area contributed by atoms with Crippen LogP contribution in [0.1, 0.15) is 23.2 Å². The van der Waals surface area contributed by atoms with Gasteiger partial charge in [-0.2, -0.15) is 0 Å². The van der Waals surface area contributed by atoms with E-state index in [-0.39, 0.29) is 24.4 Å². The lowest BCUT2D eigenvalue weighted by Crippen LogP contribution is -2.28. The monoisotopic (exact) mass is 300 g/mol. The van der Waals surface area contributed by atoms with Crippen molar-refractivity contribution in [3.8, 4) is 5.75 Å². The molecule has 0 radical (unpaired) electrons. The van der Waals surface area contributed by atoms with Gasteiger partial charge in [-0.1, -0.05) is 6.07 Å². The summed E-state index contributed by atoms with van der Waals surface area (Å²) in [5.41, 5.74) is 5.93. The number of nitrogens with one attached hydrogen (secondary N) is 1. The van der Waals surface area contributed by atoms with Crippen molar-refractivity contribution in [2.24, 2.45) is 5.73 Å². The summed E-state index contributed by atoms with van der Waals surface area (Å²) in [6, 6.07) is 7.14. The number of benzene rings is 1. The van der Waals surface area contributed by atoms with Crippen molar-refractivity contribution in [1.29, 1.82) is 0 Å². The zero-order valence-corrected chi connectivity index (χ0v) is 12.2. The third-order valence-electron chi connectivity index (χ3n) is 2.99. The quantitative estimate of drug-likeness (QED) is 0.832. The van der Waals surface area contributed by atoms with E-state index in [9.17, 15) is 4.79 Å². The predicted octanol–water partition coefficient (Wildman–Crippen LogP) is 1.35. The van der Waals surface area contributed by atoms with Crippen LogP contribution in [-0.2, 0) is 4.74 Å². The minimum atomic E-state index is -0.131. The molecule has 1 aromatic rings. The van der Waals surface area contributed by atoms with Crippen LogP contribution in [0.2, 0.25) is 0 Å². The third-order valence-corrected chi connectivity index (χ3v) is 2.99. The first-order valence-corrected chi connectivity index (χ1v) is 6.62. The van der Waals surface area contributed by atoms with E-state index in [4.69, 9.17) is 15.2 Å². The number of carbonyl (C=O) groups is 1. The Balaban J connectivity index is 0.00000200. The highest BCUT2D eigenvalue weighted by atomic mass is 35.5. The standard InChI is InChI=1S/C14H20N2O3.ClH/c15-6-7-16-14(17)11-3-1-4-12(9-11)19-10-13-5-2-8-18-13;/h1,3-4,9,13H,2,5-8,10,15H2,(H,16,17);1H. The molecule has 6 heteroatoms. The summed E-state index contributed by atoms with van der Waals surface area (Å²) >= 11 is 0. The Bertz CT molecular complexity index is 423. The SMILES string of the molecule is Cl.NCCNC(=O)c1cccc(OCC2CCCO2)c1. The van der Waals surface area contributed by atoms with Crippen molar-refractivity contribution in [3.63, 3.8) is 0 Å². The zero-order chi connectivity index (χ0) is 13.5. The fourth-order valence-corrected chi connectivity index (χ4v) is 1.98. The van der Waals surface area contributed by atoms with Crippen LogP contribution in [0.15, 0.2) is 24.3 Å².